The van der Waals surface area contributed by atoms with Crippen molar-refractivity contribution in [2.45, 2.75) is 13.5 Å². The monoisotopic (exact) mass is 273 g/mol. The Bertz CT molecular complexity index is 631. The van der Waals surface area contributed by atoms with Crippen LogP contribution in [0.3, 0.4) is 0 Å². The molecule has 0 spiro atoms. The molecule has 0 saturated heterocycles. The van der Waals surface area contributed by atoms with Gasteiger partial charge in [0, 0.05) is 23.9 Å². The van der Waals surface area contributed by atoms with Gasteiger partial charge in [0.05, 0.1) is 7.11 Å². The van der Waals surface area contributed by atoms with Crippen LogP contribution >= 0.6 is 0 Å². The lowest BCUT2D eigenvalue weighted by atomic mass is 10.2. The number of fused-ring (bicyclic) bond motifs is 1. The summed E-state index contributed by atoms with van der Waals surface area (Å²) in [6.07, 6.45) is 0. The number of rotatable bonds is 4. The molecule has 3 rings (SSSR count). The fraction of sp³-hybridized carbons (Fsp3) is 0.286. The van der Waals surface area contributed by atoms with Gasteiger partial charge in [0.15, 0.2) is 11.5 Å². The number of anilines is 1. The highest BCUT2D eigenvalue weighted by Gasteiger charge is 2.17. The Balaban J connectivity index is 1.77. The van der Waals surface area contributed by atoms with Crippen molar-refractivity contribution in [3.8, 4) is 17.4 Å². The average molecular weight is 273 g/mol. The van der Waals surface area contributed by atoms with Gasteiger partial charge in [-0.15, -0.1) is 0 Å². The van der Waals surface area contributed by atoms with Gasteiger partial charge in [-0.25, -0.2) is 4.98 Å². The number of nitrogens with zero attached hydrogens (tertiary/aromatic N) is 2. The van der Waals surface area contributed by atoms with E-state index in [1.807, 2.05) is 25.1 Å². The Morgan fingerprint density at radius 2 is 2.20 bits per heavy atom. The van der Waals surface area contributed by atoms with Gasteiger partial charge in [-0.2, -0.15) is 4.98 Å². The van der Waals surface area contributed by atoms with Crippen molar-refractivity contribution in [2.75, 3.05) is 19.2 Å². The maximum atomic E-state index is 5.46. The lowest BCUT2D eigenvalue weighted by Gasteiger charge is -2.09. The van der Waals surface area contributed by atoms with Gasteiger partial charge >= 0.3 is 0 Å². The lowest BCUT2D eigenvalue weighted by Crippen LogP contribution is -2.06. The zero-order chi connectivity index (χ0) is 13.9. The van der Waals surface area contributed by atoms with E-state index in [2.05, 4.69) is 15.3 Å². The van der Waals surface area contributed by atoms with Crippen LogP contribution in [-0.2, 0) is 6.54 Å². The highest BCUT2D eigenvalue weighted by molar-refractivity contribution is 5.49. The van der Waals surface area contributed by atoms with Crippen LogP contribution in [-0.4, -0.2) is 23.9 Å². The number of benzene rings is 1. The van der Waals surface area contributed by atoms with Crippen LogP contribution in [0.2, 0.25) is 0 Å². The van der Waals surface area contributed by atoms with E-state index in [4.69, 9.17) is 14.2 Å². The van der Waals surface area contributed by atoms with Crippen LogP contribution < -0.4 is 19.5 Å². The predicted molar refractivity (Wildman–Crippen MR) is 73.2 cm³/mol. The molecule has 0 aliphatic carbocycles. The SMILES string of the molecule is COc1cc(C)nc(NCc2cccc3c2OCO3)n1. The minimum atomic E-state index is 0.265. The molecule has 2 aromatic rings. The summed E-state index contributed by atoms with van der Waals surface area (Å²) in [5.74, 6) is 2.61. The van der Waals surface area contributed by atoms with Crippen molar-refractivity contribution in [3.63, 3.8) is 0 Å². The van der Waals surface area contributed by atoms with Gasteiger partial charge in [-0.05, 0) is 13.0 Å². The molecule has 6 nitrogen and oxygen atoms in total. The Morgan fingerprint density at radius 3 is 3.05 bits per heavy atom. The lowest BCUT2D eigenvalue weighted by molar-refractivity contribution is 0.173. The minimum absolute atomic E-state index is 0.265. The third-order valence-corrected chi connectivity index (χ3v) is 2.95. The quantitative estimate of drug-likeness (QED) is 0.920. The summed E-state index contributed by atoms with van der Waals surface area (Å²) in [5, 5.41) is 3.17. The Labute approximate surface area is 116 Å². The number of aromatic nitrogens is 2. The van der Waals surface area contributed by atoms with E-state index < -0.39 is 0 Å². The Kier molecular flexibility index (Phi) is 3.28. The standard InChI is InChI=1S/C14H15N3O3/c1-9-6-12(18-2)17-14(16-9)15-7-10-4-3-5-11-13(10)20-8-19-11/h3-6H,7-8H2,1-2H3,(H,15,16,17). The maximum Gasteiger partial charge on any atom is 0.231 e. The molecule has 1 aromatic carbocycles. The second-order valence-corrected chi connectivity index (χ2v) is 4.38. The van der Waals surface area contributed by atoms with Crippen LogP contribution in [0.25, 0.3) is 0 Å². The van der Waals surface area contributed by atoms with Crippen LogP contribution in [0.1, 0.15) is 11.3 Å². The molecule has 1 N–H and O–H groups in total. The van der Waals surface area contributed by atoms with E-state index in [0.717, 1.165) is 22.8 Å². The minimum Gasteiger partial charge on any atom is -0.481 e. The summed E-state index contributed by atoms with van der Waals surface area (Å²) < 4.78 is 15.9. The zero-order valence-corrected chi connectivity index (χ0v) is 11.3. The summed E-state index contributed by atoms with van der Waals surface area (Å²) in [5.41, 5.74) is 1.85. The molecular formula is C14H15N3O3. The molecular weight excluding hydrogens is 258 g/mol. The molecule has 0 bridgehead atoms. The molecule has 0 saturated carbocycles. The molecule has 1 aliphatic rings. The first-order chi connectivity index (χ1) is 9.76. The molecule has 1 aliphatic heterocycles. The van der Waals surface area contributed by atoms with Crippen molar-refractivity contribution in [3.05, 3.63) is 35.5 Å². The van der Waals surface area contributed by atoms with E-state index in [9.17, 15) is 0 Å². The number of ether oxygens (including phenoxy) is 3. The number of hydrogen-bond donors (Lipinski definition) is 1. The van der Waals surface area contributed by atoms with Crippen LogP contribution in [0.4, 0.5) is 5.95 Å². The first kappa shape index (κ1) is 12.5. The molecule has 20 heavy (non-hydrogen) atoms. The number of para-hydroxylation sites is 1. The molecule has 1 aromatic heterocycles. The van der Waals surface area contributed by atoms with E-state index in [-0.39, 0.29) is 6.79 Å². The van der Waals surface area contributed by atoms with Gasteiger partial charge in [0.2, 0.25) is 18.6 Å². The van der Waals surface area contributed by atoms with E-state index in [1.165, 1.54) is 0 Å². The highest BCUT2D eigenvalue weighted by atomic mass is 16.7. The summed E-state index contributed by atoms with van der Waals surface area (Å²) in [7, 11) is 1.58. The van der Waals surface area contributed by atoms with Gasteiger partial charge in [-0.3, -0.25) is 0 Å². The van der Waals surface area contributed by atoms with Gasteiger partial charge in [0.1, 0.15) is 0 Å². The van der Waals surface area contributed by atoms with Gasteiger partial charge in [-0.1, -0.05) is 12.1 Å². The molecule has 0 fully saturated rings. The number of methoxy groups -OCH3 is 1. The van der Waals surface area contributed by atoms with E-state index >= 15 is 0 Å². The maximum absolute atomic E-state index is 5.46. The molecule has 0 atom stereocenters. The van der Waals surface area contributed by atoms with Gasteiger partial charge < -0.3 is 19.5 Å². The van der Waals surface area contributed by atoms with Crippen molar-refractivity contribution >= 4 is 5.95 Å². The molecule has 2 heterocycles. The molecule has 104 valence electrons. The summed E-state index contributed by atoms with van der Waals surface area (Å²) in [4.78, 5) is 8.56. The number of hydrogen-bond acceptors (Lipinski definition) is 6. The van der Waals surface area contributed by atoms with E-state index in [1.54, 1.807) is 13.2 Å². The second kappa shape index (κ2) is 5.24. The third kappa shape index (κ3) is 2.45. The Hall–Kier alpha value is -2.50. The van der Waals surface area contributed by atoms with Crippen LogP contribution in [0, 0.1) is 6.92 Å². The normalized spacial score (nSPS) is 12.3. The van der Waals surface area contributed by atoms with Gasteiger partial charge in [0.25, 0.3) is 0 Å². The summed E-state index contributed by atoms with van der Waals surface area (Å²) >= 11 is 0. The number of nitrogens with one attached hydrogen (secondary N) is 1. The zero-order valence-electron chi connectivity index (χ0n) is 11.3. The van der Waals surface area contributed by atoms with Crippen molar-refractivity contribution in [2.24, 2.45) is 0 Å². The average Bonchev–Trinajstić information content (AvgIpc) is 2.93. The van der Waals surface area contributed by atoms with Crippen molar-refractivity contribution < 1.29 is 14.2 Å². The number of aryl methyl sites for hydroxylation is 1. The molecule has 0 unspecified atom stereocenters. The molecule has 0 amide bonds. The van der Waals surface area contributed by atoms with E-state index in [0.29, 0.717) is 18.4 Å². The molecule has 6 heteroatoms. The van der Waals surface area contributed by atoms with Crippen LogP contribution in [0.15, 0.2) is 24.3 Å². The van der Waals surface area contributed by atoms with Crippen molar-refractivity contribution in [1.82, 2.24) is 9.97 Å². The molecule has 0 radical (unpaired) electrons. The fourth-order valence-corrected chi connectivity index (χ4v) is 2.03. The highest BCUT2D eigenvalue weighted by Crippen LogP contribution is 2.35. The summed E-state index contributed by atoms with van der Waals surface area (Å²) in [6.45, 7) is 2.72. The fourth-order valence-electron chi connectivity index (χ4n) is 2.03. The first-order valence-electron chi connectivity index (χ1n) is 6.27. The van der Waals surface area contributed by atoms with Crippen molar-refractivity contribution in [1.29, 1.82) is 0 Å². The third-order valence-electron chi connectivity index (χ3n) is 2.95. The topological polar surface area (TPSA) is 65.5 Å². The second-order valence-electron chi connectivity index (χ2n) is 4.38. The first-order valence-corrected chi connectivity index (χ1v) is 6.27. The smallest absolute Gasteiger partial charge is 0.231 e. The van der Waals surface area contributed by atoms with Crippen LogP contribution in [0.5, 0.6) is 17.4 Å². The predicted octanol–water partition coefficient (Wildman–Crippen LogP) is 2.13. The summed E-state index contributed by atoms with van der Waals surface area (Å²) in [6, 6.07) is 7.58. The largest absolute Gasteiger partial charge is 0.481 e. The Morgan fingerprint density at radius 1 is 1.30 bits per heavy atom.